The number of carboxylic acid groups (broad SMARTS) is 1. The van der Waals surface area contributed by atoms with Crippen LogP contribution in [0.15, 0.2) is 30.3 Å². The van der Waals surface area contributed by atoms with Crippen LogP contribution in [0.5, 0.6) is 0 Å². The molecule has 1 aliphatic carbocycles. The van der Waals surface area contributed by atoms with Crippen LogP contribution >= 0.6 is 0 Å². The van der Waals surface area contributed by atoms with Crippen molar-refractivity contribution in [2.75, 3.05) is 0 Å². The molecule has 0 aliphatic heterocycles. The molecule has 1 fully saturated rings. The summed E-state index contributed by atoms with van der Waals surface area (Å²) in [6.45, 7) is 2.64. The Morgan fingerprint density at radius 2 is 1.90 bits per heavy atom. The third-order valence-electron chi connectivity index (χ3n) is 3.86. The fraction of sp³-hybridized carbons (Fsp3) is 0.500. The van der Waals surface area contributed by atoms with Crippen molar-refractivity contribution in [2.45, 2.75) is 45.2 Å². The Morgan fingerprint density at radius 1 is 1.25 bits per heavy atom. The summed E-state index contributed by atoms with van der Waals surface area (Å²) in [5.41, 5.74) is 1.09. The first-order chi connectivity index (χ1) is 9.58. The molecule has 1 N–H and O–H groups in total. The van der Waals surface area contributed by atoms with E-state index < -0.39 is 5.97 Å². The highest BCUT2D eigenvalue weighted by Crippen LogP contribution is 2.36. The number of hydrogen-bond acceptors (Lipinski definition) is 2. The lowest BCUT2D eigenvalue weighted by molar-refractivity contribution is -0.142. The third kappa shape index (κ3) is 4.08. The molecule has 1 atom stereocenters. The Labute approximate surface area is 119 Å². The number of amides is 1. The van der Waals surface area contributed by atoms with Crippen LogP contribution in [0, 0.1) is 5.92 Å². The van der Waals surface area contributed by atoms with Gasteiger partial charge in [0.15, 0.2) is 0 Å². The second-order valence-electron chi connectivity index (χ2n) is 5.48. The molecule has 0 bridgehead atoms. The van der Waals surface area contributed by atoms with Crippen LogP contribution in [-0.4, -0.2) is 27.9 Å². The van der Waals surface area contributed by atoms with Gasteiger partial charge < -0.3 is 10.0 Å². The first-order valence-corrected chi connectivity index (χ1v) is 7.13. The van der Waals surface area contributed by atoms with Crippen molar-refractivity contribution >= 4 is 11.9 Å². The van der Waals surface area contributed by atoms with Gasteiger partial charge in [0.2, 0.25) is 5.91 Å². The largest absolute Gasteiger partial charge is 0.481 e. The Hall–Kier alpha value is -1.84. The second kappa shape index (κ2) is 6.55. The van der Waals surface area contributed by atoms with Gasteiger partial charge in [-0.2, -0.15) is 0 Å². The Morgan fingerprint density at radius 3 is 2.45 bits per heavy atom. The van der Waals surface area contributed by atoms with Gasteiger partial charge in [0.25, 0.3) is 0 Å². The van der Waals surface area contributed by atoms with Crippen molar-refractivity contribution in [1.29, 1.82) is 0 Å². The number of carboxylic acids is 1. The standard InChI is InChI=1S/C16H21NO3/c1-12(14-7-8-14)17(15(18)9-10-16(19)20)11-13-5-3-2-4-6-13/h2-6,12,14H,7-11H2,1H3,(H,19,20)/t12-/m1/s1. The molecule has 0 saturated heterocycles. The highest BCUT2D eigenvalue weighted by Gasteiger charge is 2.34. The molecular weight excluding hydrogens is 254 g/mol. The summed E-state index contributed by atoms with van der Waals surface area (Å²) in [5.74, 6) is -0.403. The lowest BCUT2D eigenvalue weighted by Gasteiger charge is -2.29. The zero-order chi connectivity index (χ0) is 14.5. The molecule has 0 radical (unpaired) electrons. The summed E-state index contributed by atoms with van der Waals surface area (Å²) in [6.07, 6.45) is 2.32. The molecule has 2 rings (SSSR count). The number of rotatable bonds is 7. The van der Waals surface area contributed by atoms with Crippen LogP contribution in [0.25, 0.3) is 0 Å². The zero-order valence-corrected chi connectivity index (χ0v) is 11.8. The van der Waals surface area contributed by atoms with E-state index in [1.807, 2.05) is 35.2 Å². The second-order valence-corrected chi connectivity index (χ2v) is 5.48. The number of benzene rings is 1. The van der Waals surface area contributed by atoms with Gasteiger partial charge >= 0.3 is 5.97 Å². The molecule has 1 aliphatic rings. The van der Waals surface area contributed by atoms with Crippen molar-refractivity contribution in [3.63, 3.8) is 0 Å². The van der Waals surface area contributed by atoms with Gasteiger partial charge in [0, 0.05) is 19.0 Å². The van der Waals surface area contributed by atoms with Crippen LogP contribution < -0.4 is 0 Å². The number of nitrogens with zero attached hydrogens (tertiary/aromatic N) is 1. The normalized spacial score (nSPS) is 15.7. The Bertz CT molecular complexity index is 468. The molecule has 1 aromatic carbocycles. The monoisotopic (exact) mass is 275 g/mol. The minimum absolute atomic E-state index is 0.0596. The predicted molar refractivity (Wildman–Crippen MR) is 76.0 cm³/mol. The van der Waals surface area contributed by atoms with E-state index in [0.717, 1.165) is 5.56 Å². The zero-order valence-electron chi connectivity index (χ0n) is 11.8. The molecule has 1 aromatic rings. The fourth-order valence-corrected chi connectivity index (χ4v) is 2.43. The molecule has 0 spiro atoms. The number of aliphatic carboxylic acids is 1. The third-order valence-corrected chi connectivity index (χ3v) is 3.86. The summed E-state index contributed by atoms with van der Waals surface area (Å²) in [7, 11) is 0. The predicted octanol–water partition coefficient (Wildman–Crippen LogP) is 2.68. The number of carbonyl (C=O) groups excluding carboxylic acids is 1. The average molecular weight is 275 g/mol. The van der Waals surface area contributed by atoms with Crippen LogP contribution in [-0.2, 0) is 16.1 Å². The van der Waals surface area contributed by atoms with Gasteiger partial charge in [-0.15, -0.1) is 0 Å². The summed E-state index contributed by atoms with van der Waals surface area (Å²) >= 11 is 0. The van der Waals surface area contributed by atoms with Crippen LogP contribution in [0.2, 0.25) is 0 Å². The summed E-state index contributed by atoms with van der Waals surface area (Å²) in [4.78, 5) is 24.8. The van der Waals surface area contributed by atoms with Crippen LogP contribution in [0.4, 0.5) is 0 Å². The molecule has 0 aromatic heterocycles. The Kier molecular flexibility index (Phi) is 4.77. The average Bonchev–Trinajstić information content (AvgIpc) is 3.27. The molecular formula is C16H21NO3. The Balaban J connectivity index is 2.03. The summed E-state index contributed by atoms with van der Waals surface area (Å²) < 4.78 is 0. The molecule has 1 amide bonds. The van der Waals surface area contributed by atoms with Crippen molar-refractivity contribution < 1.29 is 14.7 Å². The minimum Gasteiger partial charge on any atom is -0.481 e. The van der Waals surface area contributed by atoms with E-state index in [1.54, 1.807) is 0 Å². The van der Waals surface area contributed by atoms with Gasteiger partial charge in [-0.1, -0.05) is 30.3 Å². The lowest BCUT2D eigenvalue weighted by Crippen LogP contribution is -2.39. The maximum atomic E-state index is 12.3. The summed E-state index contributed by atoms with van der Waals surface area (Å²) in [6, 6.07) is 10.0. The fourth-order valence-electron chi connectivity index (χ4n) is 2.43. The van der Waals surface area contributed by atoms with Gasteiger partial charge in [0.1, 0.15) is 0 Å². The van der Waals surface area contributed by atoms with Gasteiger partial charge in [0.05, 0.1) is 6.42 Å². The van der Waals surface area contributed by atoms with Crippen molar-refractivity contribution in [3.8, 4) is 0 Å². The van der Waals surface area contributed by atoms with Gasteiger partial charge in [-0.3, -0.25) is 9.59 Å². The SMILES string of the molecule is C[C@H](C1CC1)N(Cc1ccccc1)C(=O)CCC(=O)O. The van der Waals surface area contributed by atoms with E-state index in [9.17, 15) is 9.59 Å². The molecule has 0 unspecified atom stereocenters. The van der Waals surface area contributed by atoms with Gasteiger partial charge in [-0.25, -0.2) is 0 Å². The number of carbonyl (C=O) groups is 2. The smallest absolute Gasteiger partial charge is 0.303 e. The highest BCUT2D eigenvalue weighted by atomic mass is 16.4. The van der Waals surface area contributed by atoms with E-state index in [2.05, 4.69) is 6.92 Å². The molecule has 0 heterocycles. The number of hydrogen-bond donors (Lipinski definition) is 1. The molecule has 4 nitrogen and oxygen atoms in total. The van der Waals surface area contributed by atoms with E-state index in [4.69, 9.17) is 5.11 Å². The first kappa shape index (κ1) is 14.6. The van der Waals surface area contributed by atoms with Crippen molar-refractivity contribution in [2.24, 2.45) is 5.92 Å². The quantitative estimate of drug-likeness (QED) is 0.832. The lowest BCUT2D eigenvalue weighted by atomic mass is 10.1. The van der Waals surface area contributed by atoms with E-state index in [0.29, 0.717) is 12.5 Å². The minimum atomic E-state index is -0.919. The highest BCUT2D eigenvalue weighted by molar-refractivity contribution is 5.81. The molecule has 1 saturated carbocycles. The molecule has 20 heavy (non-hydrogen) atoms. The maximum Gasteiger partial charge on any atom is 0.303 e. The van der Waals surface area contributed by atoms with E-state index in [1.165, 1.54) is 12.8 Å². The molecule has 108 valence electrons. The topological polar surface area (TPSA) is 57.6 Å². The van der Waals surface area contributed by atoms with E-state index >= 15 is 0 Å². The van der Waals surface area contributed by atoms with Crippen LogP contribution in [0.1, 0.15) is 38.2 Å². The van der Waals surface area contributed by atoms with Crippen molar-refractivity contribution in [1.82, 2.24) is 4.90 Å². The van der Waals surface area contributed by atoms with Gasteiger partial charge in [-0.05, 0) is 31.2 Å². The molecule has 4 heteroatoms. The summed E-state index contributed by atoms with van der Waals surface area (Å²) in [5, 5.41) is 8.72. The van der Waals surface area contributed by atoms with E-state index in [-0.39, 0.29) is 24.8 Å². The van der Waals surface area contributed by atoms with Crippen molar-refractivity contribution in [3.05, 3.63) is 35.9 Å². The van der Waals surface area contributed by atoms with Crippen LogP contribution in [0.3, 0.4) is 0 Å². The first-order valence-electron chi connectivity index (χ1n) is 7.13. The maximum absolute atomic E-state index is 12.3.